The van der Waals surface area contributed by atoms with Crippen molar-refractivity contribution in [2.45, 2.75) is 0 Å². The second kappa shape index (κ2) is 5.50. The Labute approximate surface area is 134 Å². The highest BCUT2D eigenvalue weighted by molar-refractivity contribution is 9.10. The number of aromatic amines is 1. The molecular formula is C15H10BrClFN3. The number of H-pyrrole nitrogens is 1. The number of aromatic nitrogens is 2. The van der Waals surface area contributed by atoms with Gasteiger partial charge in [-0.1, -0.05) is 35.9 Å². The molecule has 3 rings (SSSR count). The monoisotopic (exact) mass is 365 g/mol. The lowest BCUT2D eigenvalue weighted by atomic mass is 10.0. The van der Waals surface area contributed by atoms with Gasteiger partial charge in [0.05, 0.1) is 16.3 Å². The molecule has 0 fully saturated rings. The molecule has 1 heterocycles. The van der Waals surface area contributed by atoms with Crippen LogP contribution in [-0.4, -0.2) is 10.2 Å². The van der Waals surface area contributed by atoms with E-state index in [2.05, 4.69) is 26.1 Å². The molecule has 0 spiro atoms. The Morgan fingerprint density at radius 2 is 1.86 bits per heavy atom. The largest absolute Gasteiger partial charge is 0.382 e. The van der Waals surface area contributed by atoms with E-state index in [-0.39, 0.29) is 5.82 Å². The lowest BCUT2D eigenvalue weighted by Crippen LogP contribution is -1.89. The van der Waals surface area contributed by atoms with Crippen LogP contribution in [-0.2, 0) is 0 Å². The second-order valence-corrected chi connectivity index (χ2v) is 5.70. The fraction of sp³-hybridized carbons (Fsp3) is 0. The first kappa shape index (κ1) is 14.1. The standard InChI is InChI=1S/C15H10BrClFN3/c16-11-3-1-2-10(13(11)17)14-12(15(19)21-20-14)8-4-6-9(18)7-5-8/h1-7H,(H3,19,20,21). The third-order valence-electron chi connectivity index (χ3n) is 3.15. The molecule has 2 aromatic carbocycles. The quantitative estimate of drug-likeness (QED) is 0.679. The Bertz CT molecular complexity index is 799. The summed E-state index contributed by atoms with van der Waals surface area (Å²) >= 11 is 9.72. The van der Waals surface area contributed by atoms with E-state index in [0.717, 1.165) is 15.6 Å². The number of nitrogen functional groups attached to an aromatic ring is 1. The minimum Gasteiger partial charge on any atom is -0.382 e. The van der Waals surface area contributed by atoms with Crippen molar-refractivity contribution in [3.63, 3.8) is 0 Å². The van der Waals surface area contributed by atoms with Crippen molar-refractivity contribution in [3.8, 4) is 22.4 Å². The molecule has 0 saturated heterocycles. The SMILES string of the molecule is Nc1n[nH]c(-c2cccc(Br)c2Cl)c1-c1ccc(F)cc1. The van der Waals surface area contributed by atoms with Crippen LogP contribution in [0.3, 0.4) is 0 Å². The van der Waals surface area contributed by atoms with Crippen molar-refractivity contribution in [3.05, 3.63) is 57.8 Å². The van der Waals surface area contributed by atoms with Crippen LogP contribution < -0.4 is 5.73 Å². The van der Waals surface area contributed by atoms with Gasteiger partial charge in [-0.05, 0) is 39.7 Å². The van der Waals surface area contributed by atoms with E-state index in [4.69, 9.17) is 17.3 Å². The number of anilines is 1. The molecule has 0 unspecified atom stereocenters. The molecule has 6 heteroatoms. The lowest BCUT2D eigenvalue weighted by Gasteiger charge is -2.07. The van der Waals surface area contributed by atoms with E-state index < -0.39 is 0 Å². The third kappa shape index (κ3) is 2.54. The van der Waals surface area contributed by atoms with Crippen molar-refractivity contribution in [1.29, 1.82) is 0 Å². The fourth-order valence-electron chi connectivity index (χ4n) is 2.16. The summed E-state index contributed by atoms with van der Waals surface area (Å²) in [5, 5.41) is 7.50. The van der Waals surface area contributed by atoms with Crippen molar-refractivity contribution >= 4 is 33.3 Å². The van der Waals surface area contributed by atoms with Gasteiger partial charge in [0.2, 0.25) is 0 Å². The van der Waals surface area contributed by atoms with Crippen LogP contribution in [0, 0.1) is 5.82 Å². The molecule has 0 amide bonds. The van der Waals surface area contributed by atoms with E-state index >= 15 is 0 Å². The molecule has 0 radical (unpaired) electrons. The molecule has 21 heavy (non-hydrogen) atoms. The summed E-state index contributed by atoms with van der Waals surface area (Å²) in [6, 6.07) is 11.7. The first-order valence-electron chi connectivity index (χ1n) is 6.12. The minimum atomic E-state index is -0.303. The molecule has 0 atom stereocenters. The first-order valence-corrected chi connectivity index (χ1v) is 7.29. The van der Waals surface area contributed by atoms with E-state index in [0.29, 0.717) is 22.1 Å². The van der Waals surface area contributed by atoms with Crippen LogP contribution in [0.2, 0.25) is 5.02 Å². The summed E-state index contributed by atoms with van der Waals surface area (Å²) in [5.74, 6) is 0.0375. The predicted octanol–water partition coefficient (Wildman–Crippen LogP) is 4.88. The highest BCUT2D eigenvalue weighted by Crippen LogP contribution is 2.39. The fourth-order valence-corrected chi connectivity index (χ4v) is 2.74. The van der Waals surface area contributed by atoms with Crippen molar-refractivity contribution in [1.82, 2.24) is 10.2 Å². The smallest absolute Gasteiger partial charge is 0.153 e. The van der Waals surface area contributed by atoms with Crippen molar-refractivity contribution in [2.24, 2.45) is 0 Å². The highest BCUT2D eigenvalue weighted by atomic mass is 79.9. The van der Waals surface area contributed by atoms with E-state index in [1.54, 1.807) is 12.1 Å². The van der Waals surface area contributed by atoms with Crippen molar-refractivity contribution in [2.75, 3.05) is 5.73 Å². The number of hydrogen-bond acceptors (Lipinski definition) is 2. The number of nitrogens with zero attached hydrogens (tertiary/aromatic N) is 1. The zero-order valence-electron chi connectivity index (χ0n) is 10.7. The average Bonchev–Trinajstić information content (AvgIpc) is 2.85. The molecule has 3 aromatic rings. The predicted molar refractivity (Wildman–Crippen MR) is 86.5 cm³/mol. The summed E-state index contributed by atoms with van der Waals surface area (Å²) in [5.41, 5.74) is 8.89. The van der Waals surface area contributed by atoms with Crippen molar-refractivity contribution < 1.29 is 4.39 Å². The Hall–Kier alpha value is -1.85. The summed E-state index contributed by atoms with van der Waals surface area (Å²) in [6.07, 6.45) is 0. The Kier molecular flexibility index (Phi) is 3.69. The van der Waals surface area contributed by atoms with Crippen LogP contribution in [0.1, 0.15) is 0 Å². The van der Waals surface area contributed by atoms with Gasteiger partial charge in [0.1, 0.15) is 5.82 Å². The van der Waals surface area contributed by atoms with Gasteiger partial charge in [0, 0.05) is 10.0 Å². The molecular weight excluding hydrogens is 357 g/mol. The first-order chi connectivity index (χ1) is 10.1. The minimum absolute atomic E-state index is 0.303. The molecule has 3 N–H and O–H groups in total. The van der Waals surface area contributed by atoms with Crippen LogP contribution in [0.25, 0.3) is 22.4 Å². The molecule has 1 aromatic heterocycles. The van der Waals surface area contributed by atoms with Gasteiger partial charge in [-0.25, -0.2) is 4.39 Å². The van der Waals surface area contributed by atoms with Crippen LogP contribution in [0.15, 0.2) is 46.9 Å². The molecule has 0 aliphatic carbocycles. The molecule has 0 aliphatic rings. The van der Waals surface area contributed by atoms with Crippen LogP contribution >= 0.6 is 27.5 Å². The number of rotatable bonds is 2. The molecule has 0 saturated carbocycles. The van der Waals surface area contributed by atoms with Gasteiger partial charge >= 0.3 is 0 Å². The van der Waals surface area contributed by atoms with Gasteiger partial charge in [-0.15, -0.1) is 0 Å². The van der Waals surface area contributed by atoms with E-state index in [1.165, 1.54) is 12.1 Å². The number of hydrogen-bond donors (Lipinski definition) is 2. The maximum absolute atomic E-state index is 13.1. The summed E-state index contributed by atoms with van der Waals surface area (Å²) in [6.45, 7) is 0. The third-order valence-corrected chi connectivity index (χ3v) is 4.44. The van der Waals surface area contributed by atoms with Gasteiger partial charge in [0.25, 0.3) is 0 Å². The highest BCUT2D eigenvalue weighted by Gasteiger charge is 2.17. The maximum atomic E-state index is 13.1. The number of nitrogens with one attached hydrogen (secondary N) is 1. The topological polar surface area (TPSA) is 54.7 Å². The zero-order chi connectivity index (χ0) is 15.0. The number of benzene rings is 2. The Balaban J connectivity index is 2.22. The van der Waals surface area contributed by atoms with E-state index in [1.807, 2.05) is 18.2 Å². The van der Waals surface area contributed by atoms with Gasteiger partial charge < -0.3 is 5.73 Å². The van der Waals surface area contributed by atoms with E-state index in [9.17, 15) is 4.39 Å². The second-order valence-electron chi connectivity index (χ2n) is 4.47. The summed E-state index contributed by atoms with van der Waals surface area (Å²) < 4.78 is 13.9. The molecule has 0 aliphatic heterocycles. The number of halogens is 3. The van der Waals surface area contributed by atoms with Crippen LogP contribution in [0.4, 0.5) is 10.2 Å². The van der Waals surface area contributed by atoms with Gasteiger partial charge in [-0.2, -0.15) is 5.10 Å². The van der Waals surface area contributed by atoms with Gasteiger partial charge in [0.15, 0.2) is 5.82 Å². The van der Waals surface area contributed by atoms with Gasteiger partial charge in [-0.3, -0.25) is 5.10 Å². The summed E-state index contributed by atoms with van der Waals surface area (Å²) in [7, 11) is 0. The molecule has 106 valence electrons. The Morgan fingerprint density at radius 3 is 2.57 bits per heavy atom. The normalized spacial score (nSPS) is 10.8. The zero-order valence-corrected chi connectivity index (χ0v) is 13.0. The number of nitrogens with two attached hydrogens (primary N) is 1. The maximum Gasteiger partial charge on any atom is 0.153 e. The summed E-state index contributed by atoms with van der Waals surface area (Å²) in [4.78, 5) is 0. The van der Waals surface area contributed by atoms with Crippen LogP contribution in [0.5, 0.6) is 0 Å². The lowest BCUT2D eigenvalue weighted by molar-refractivity contribution is 0.628. The molecule has 0 bridgehead atoms. The Morgan fingerprint density at radius 1 is 1.14 bits per heavy atom. The molecule has 3 nitrogen and oxygen atoms in total. The average molecular weight is 367 g/mol.